The molecule has 23 nitrogen and oxygen atoms in total. The molecule has 0 atom stereocenters. The van der Waals surface area contributed by atoms with Crippen LogP contribution < -0.4 is 26.3 Å². The summed E-state index contributed by atoms with van der Waals surface area (Å²) >= 11 is 0. The highest BCUT2D eigenvalue weighted by Gasteiger charge is 2.29. The Kier molecular flexibility index (Phi) is 13.1. The number of nitrogens with two attached hydrogens (primary N) is 1. The number of nitrogens with zero attached hydrogens (tertiary/aromatic N) is 13. The zero-order chi connectivity index (χ0) is 47.3. The monoisotopic (exact) mass is 927 g/mol. The van der Waals surface area contributed by atoms with Crippen LogP contribution in [0, 0.1) is 0 Å². The number of anilines is 4. The molecule has 6 heterocycles. The summed E-state index contributed by atoms with van der Waals surface area (Å²) in [5, 5.41) is 50.2. The van der Waals surface area contributed by atoms with Crippen LogP contribution in [0.2, 0.25) is 0 Å². The highest BCUT2D eigenvalue weighted by Crippen LogP contribution is 2.42. The first kappa shape index (κ1) is 45.1. The zero-order valence-electron chi connectivity index (χ0n) is 36.9. The molecule has 23 heteroatoms. The Morgan fingerprint density at radius 3 is 1.94 bits per heavy atom. The first-order chi connectivity index (χ1) is 33.0. The normalized spacial score (nSPS) is 14.3. The highest BCUT2D eigenvalue weighted by molar-refractivity contribution is 6.08. The van der Waals surface area contributed by atoms with E-state index in [0.717, 1.165) is 25.0 Å². The highest BCUT2D eigenvalue weighted by atomic mass is 16.4. The van der Waals surface area contributed by atoms with E-state index in [0.29, 0.717) is 111 Å². The molecule has 68 heavy (non-hydrogen) atoms. The van der Waals surface area contributed by atoms with Gasteiger partial charge in [-0.25, -0.2) is 14.2 Å². The minimum absolute atomic E-state index is 0.000173. The van der Waals surface area contributed by atoms with E-state index in [1.165, 1.54) is 35.0 Å². The standard InChI is InChI=1S/C45H49N15O8/c46-11-2-1-3-29-24-59(53-51-29)26-39(64)55-12-16-57(17-13-55)44-48-43(49-45(50-44)58-18-14-56(15-19-58)40(65)27-60-25-30(10-20-61)52-54-60)47-28-4-7-33(36(21-28)42(66)67)41-34-8-5-31(62)22-37(34)68-38-23-32(63)6-9-35(38)41/h4-9,21-25,61-62H,1-3,10-20,26-27,46H2,(H,66,67)(H,47,48,49,50). The van der Waals surface area contributed by atoms with Gasteiger partial charge in [0.25, 0.3) is 0 Å². The number of piperazine rings is 2. The molecule has 2 fully saturated rings. The topological polar surface area (TPSA) is 293 Å². The molecule has 2 amide bonds. The maximum absolute atomic E-state index is 13.4. The van der Waals surface area contributed by atoms with Crippen molar-refractivity contribution in [2.75, 3.05) is 80.6 Å². The molecule has 1 aliphatic carbocycles. The second-order valence-corrected chi connectivity index (χ2v) is 16.5. The summed E-state index contributed by atoms with van der Waals surface area (Å²) in [6, 6.07) is 13.6. The quantitative estimate of drug-likeness (QED) is 0.0679. The number of rotatable bonds is 16. The third kappa shape index (κ3) is 10.0. The molecule has 0 saturated carbocycles. The van der Waals surface area contributed by atoms with Gasteiger partial charge < -0.3 is 50.4 Å². The molecule has 0 radical (unpaired) electrons. The minimum Gasteiger partial charge on any atom is -0.508 e. The van der Waals surface area contributed by atoms with Gasteiger partial charge in [0.1, 0.15) is 30.2 Å². The lowest BCUT2D eigenvalue weighted by Gasteiger charge is -2.36. The average molecular weight is 928 g/mol. The smallest absolute Gasteiger partial charge is 0.336 e. The third-order valence-corrected chi connectivity index (χ3v) is 11.9. The Hall–Kier alpha value is -8.05. The zero-order valence-corrected chi connectivity index (χ0v) is 36.9. The first-order valence-corrected chi connectivity index (χ1v) is 22.3. The van der Waals surface area contributed by atoms with Crippen LogP contribution in [-0.2, 0) is 35.5 Å². The van der Waals surface area contributed by atoms with E-state index >= 15 is 0 Å². The first-order valence-electron chi connectivity index (χ1n) is 22.3. The average Bonchev–Trinajstić information content (AvgIpc) is 3.99. The fourth-order valence-electron chi connectivity index (χ4n) is 8.40. The summed E-state index contributed by atoms with van der Waals surface area (Å²) in [5.74, 6) is -0.475. The van der Waals surface area contributed by atoms with Crippen molar-refractivity contribution >= 4 is 52.3 Å². The minimum atomic E-state index is -1.22. The van der Waals surface area contributed by atoms with Crippen molar-refractivity contribution in [2.24, 2.45) is 5.73 Å². The molecule has 0 spiro atoms. The second-order valence-electron chi connectivity index (χ2n) is 16.5. The van der Waals surface area contributed by atoms with Crippen molar-refractivity contribution in [1.29, 1.82) is 0 Å². The molecule has 3 aliphatic heterocycles. The Morgan fingerprint density at radius 2 is 1.34 bits per heavy atom. The van der Waals surface area contributed by atoms with Crippen molar-refractivity contribution in [3.05, 3.63) is 94.2 Å². The number of fused-ring (bicyclic) bond motifs is 2. The van der Waals surface area contributed by atoms with E-state index in [2.05, 4.69) is 25.9 Å². The molecule has 0 bridgehead atoms. The van der Waals surface area contributed by atoms with Crippen LogP contribution >= 0.6 is 0 Å². The van der Waals surface area contributed by atoms with Crippen molar-refractivity contribution in [3.63, 3.8) is 0 Å². The summed E-state index contributed by atoms with van der Waals surface area (Å²) in [5.41, 5.74) is 8.64. The number of carboxylic acids is 1. The van der Waals surface area contributed by atoms with E-state index in [9.17, 15) is 34.5 Å². The maximum atomic E-state index is 13.4. The Labute approximate surface area is 387 Å². The number of carbonyl (C=O) groups is 3. The molecular weight excluding hydrogens is 879 g/mol. The number of hydrogen-bond acceptors (Lipinski definition) is 18. The van der Waals surface area contributed by atoms with Crippen LogP contribution in [0.25, 0.3) is 33.4 Å². The van der Waals surface area contributed by atoms with Crippen molar-refractivity contribution < 1.29 is 34.1 Å². The summed E-state index contributed by atoms with van der Waals surface area (Å²) in [6.45, 7) is 3.74. The molecule has 2 saturated heterocycles. The van der Waals surface area contributed by atoms with Crippen LogP contribution in [0.5, 0.6) is 5.75 Å². The van der Waals surface area contributed by atoms with Crippen LogP contribution in [-0.4, -0.2) is 153 Å². The number of hydrogen-bond donors (Lipinski definition) is 5. The second kappa shape index (κ2) is 19.8. The molecular formula is C45H49N15O8. The van der Waals surface area contributed by atoms with E-state index in [4.69, 9.17) is 25.1 Å². The van der Waals surface area contributed by atoms with Gasteiger partial charge in [-0.1, -0.05) is 16.5 Å². The Bertz CT molecular complexity index is 2990. The van der Waals surface area contributed by atoms with Crippen LogP contribution in [0.1, 0.15) is 34.6 Å². The summed E-state index contributed by atoms with van der Waals surface area (Å²) in [7, 11) is 0. The van der Waals surface area contributed by atoms with E-state index in [-0.39, 0.29) is 65.5 Å². The largest absolute Gasteiger partial charge is 0.508 e. The predicted molar refractivity (Wildman–Crippen MR) is 247 cm³/mol. The number of phenolic OH excluding ortho intramolecular Hbond substituents is 1. The van der Waals surface area contributed by atoms with Gasteiger partial charge >= 0.3 is 5.97 Å². The van der Waals surface area contributed by atoms with Gasteiger partial charge in [0.05, 0.1) is 17.0 Å². The molecule has 4 aliphatic rings. The lowest BCUT2D eigenvalue weighted by molar-refractivity contribution is -0.133. The number of amides is 2. The number of carbonyl (C=O) groups excluding carboxylic acids is 2. The number of phenols is 1. The number of aliphatic hydroxyl groups is 1. The van der Waals surface area contributed by atoms with E-state index in [1.54, 1.807) is 51.1 Å². The summed E-state index contributed by atoms with van der Waals surface area (Å²) < 4.78 is 9.00. The number of aliphatic hydroxyl groups excluding tert-OH is 1. The number of aromatic carboxylic acids is 1. The number of benzene rings is 3. The van der Waals surface area contributed by atoms with Gasteiger partial charge in [0.15, 0.2) is 5.43 Å². The van der Waals surface area contributed by atoms with Gasteiger partial charge in [0.2, 0.25) is 29.7 Å². The van der Waals surface area contributed by atoms with Crippen molar-refractivity contribution in [3.8, 4) is 28.2 Å². The molecule has 3 aromatic heterocycles. The number of aryl methyl sites for hydroxylation is 1. The van der Waals surface area contributed by atoms with Crippen molar-refractivity contribution in [2.45, 2.75) is 38.8 Å². The number of unbranched alkanes of at least 4 members (excludes halogenated alkanes) is 1. The number of aromatic nitrogens is 9. The van der Waals surface area contributed by atoms with Crippen LogP contribution in [0.3, 0.4) is 0 Å². The Balaban J connectivity index is 0.969. The third-order valence-electron chi connectivity index (χ3n) is 11.9. The van der Waals surface area contributed by atoms with Crippen LogP contribution in [0.4, 0.5) is 23.5 Å². The fourth-order valence-corrected chi connectivity index (χ4v) is 8.40. The lowest BCUT2D eigenvalue weighted by atomic mass is 9.90. The molecule has 352 valence electrons. The van der Waals surface area contributed by atoms with E-state index in [1.807, 2.05) is 9.80 Å². The number of nitrogens with one attached hydrogen (secondary N) is 1. The summed E-state index contributed by atoms with van der Waals surface area (Å²) in [6.07, 6.45) is 6.29. The van der Waals surface area contributed by atoms with Gasteiger partial charge in [-0.15, -0.1) is 10.2 Å². The number of aromatic hydroxyl groups is 1. The van der Waals surface area contributed by atoms with Gasteiger partial charge in [-0.05, 0) is 67.8 Å². The van der Waals surface area contributed by atoms with Crippen molar-refractivity contribution in [1.82, 2.24) is 54.7 Å². The number of carboxylic acid groups (broad SMARTS) is 1. The maximum Gasteiger partial charge on any atom is 0.336 e. The van der Waals surface area contributed by atoms with Gasteiger partial charge in [-0.3, -0.25) is 14.4 Å². The molecule has 0 unspecified atom stereocenters. The molecule has 6 N–H and O–H groups in total. The molecule has 9 rings (SSSR count). The molecule has 5 aromatic rings. The van der Waals surface area contributed by atoms with Gasteiger partial charge in [0, 0.05) is 112 Å². The predicted octanol–water partition coefficient (Wildman–Crippen LogP) is 1.59. The lowest BCUT2D eigenvalue weighted by Crippen LogP contribution is -2.51. The Morgan fingerprint density at radius 1 is 0.721 bits per heavy atom. The summed E-state index contributed by atoms with van der Waals surface area (Å²) in [4.78, 5) is 73.9. The van der Waals surface area contributed by atoms with Crippen LogP contribution in [0.15, 0.2) is 76.2 Å². The van der Waals surface area contributed by atoms with E-state index < -0.39 is 5.97 Å². The fraction of sp³-hybridized carbons (Fsp3) is 0.356. The molecule has 2 aromatic carbocycles. The SMILES string of the molecule is NCCCCc1cn(CC(=O)N2CCN(c3nc(Nc4ccc(-c5c6ccc(=O)cc-6oc6cc(O)ccc56)c(C(=O)O)c4)nc(N4CCN(C(=O)Cn5cc(CCO)nn5)CC4)n3)CC2)nn1. The van der Waals surface area contributed by atoms with Gasteiger partial charge in [-0.2, -0.15) is 15.0 Å².